The molecule has 0 radical (unpaired) electrons. The Hall–Kier alpha value is -2.03. The Bertz CT molecular complexity index is 940. The maximum Gasteiger partial charge on any atom is 0.435 e. The van der Waals surface area contributed by atoms with Gasteiger partial charge < -0.3 is 9.84 Å². The van der Waals surface area contributed by atoms with Gasteiger partial charge >= 0.3 is 6.18 Å². The van der Waals surface area contributed by atoms with Gasteiger partial charge in [0.15, 0.2) is 5.69 Å². The van der Waals surface area contributed by atoms with Crippen LogP contribution in [0.1, 0.15) is 22.9 Å². The number of aromatic nitrogens is 3. The van der Waals surface area contributed by atoms with Crippen molar-refractivity contribution in [3.63, 3.8) is 0 Å². The van der Waals surface area contributed by atoms with Gasteiger partial charge in [-0.15, -0.1) is 0 Å². The first-order valence-corrected chi connectivity index (χ1v) is 8.07. The summed E-state index contributed by atoms with van der Waals surface area (Å²) < 4.78 is 45.1. The molecule has 0 aliphatic rings. The number of hydrogen-bond donors (Lipinski definition) is 1. The highest BCUT2D eigenvalue weighted by molar-refractivity contribution is 6.35. The average Bonchev–Trinajstić information content (AvgIpc) is 3.03. The number of rotatable bonds is 4. The molecule has 0 spiro atoms. The lowest BCUT2D eigenvalue weighted by molar-refractivity contribution is -0.141. The average molecular weight is 406 g/mol. The Morgan fingerprint density at radius 3 is 2.46 bits per heavy atom. The van der Waals surface area contributed by atoms with Crippen molar-refractivity contribution in [3.05, 3.63) is 57.5 Å². The molecule has 138 valence electrons. The third-order valence-corrected chi connectivity index (χ3v) is 4.48. The molecule has 26 heavy (non-hydrogen) atoms. The van der Waals surface area contributed by atoms with Crippen molar-refractivity contribution < 1.29 is 23.0 Å². The quantitative estimate of drug-likeness (QED) is 0.701. The topological polar surface area (TPSA) is 59.7 Å². The number of ether oxygens (including phenoxy) is 1. The number of aliphatic hydroxyl groups is 1. The van der Waals surface area contributed by atoms with Crippen LogP contribution in [0.25, 0.3) is 5.52 Å². The molecule has 0 saturated carbocycles. The van der Waals surface area contributed by atoms with Gasteiger partial charge in [0.1, 0.15) is 0 Å². The van der Waals surface area contributed by atoms with Gasteiger partial charge in [0.25, 0.3) is 0 Å². The van der Waals surface area contributed by atoms with Crippen molar-refractivity contribution in [1.82, 2.24) is 14.6 Å². The van der Waals surface area contributed by atoms with E-state index in [2.05, 4.69) is 10.1 Å². The Kier molecular flexibility index (Phi) is 5.01. The summed E-state index contributed by atoms with van der Waals surface area (Å²) in [4.78, 5) is 3.83. The van der Waals surface area contributed by atoms with E-state index in [1.807, 2.05) is 0 Å². The largest absolute Gasteiger partial charge is 0.481 e. The third kappa shape index (κ3) is 3.44. The zero-order valence-electron chi connectivity index (χ0n) is 13.3. The molecule has 0 amide bonds. The van der Waals surface area contributed by atoms with E-state index in [1.165, 1.54) is 31.6 Å². The number of hydrogen-bond acceptors (Lipinski definition) is 4. The Labute approximate surface area is 155 Å². The zero-order chi connectivity index (χ0) is 19.1. The van der Waals surface area contributed by atoms with Crippen molar-refractivity contribution in [3.8, 4) is 5.88 Å². The minimum absolute atomic E-state index is 0.00525. The van der Waals surface area contributed by atoms with Crippen molar-refractivity contribution >= 4 is 28.7 Å². The lowest BCUT2D eigenvalue weighted by Gasteiger charge is -2.15. The van der Waals surface area contributed by atoms with Crippen LogP contribution in [0, 0.1) is 0 Å². The number of pyridine rings is 2. The normalized spacial score (nSPS) is 13.2. The predicted octanol–water partition coefficient (Wildman–Crippen LogP) is 4.34. The van der Waals surface area contributed by atoms with Gasteiger partial charge in [-0.3, -0.25) is 4.98 Å². The SMILES string of the molecule is COc1ccc(C(O)Cc2c(Cl)cncc2Cl)c2cc(C(F)(F)F)nn12. The third-order valence-electron chi connectivity index (χ3n) is 3.83. The van der Waals surface area contributed by atoms with E-state index in [1.54, 1.807) is 0 Å². The van der Waals surface area contributed by atoms with Crippen LogP contribution in [0.15, 0.2) is 30.6 Å². The van der Waals surface area contributed by atoms with E-state index in [-0.39, 0.29) is 33.4 Å². The van der Waals surface area contributed by atoms with Crippen LogP contribution >= 0.6 is 23.2 Å². The maximum absolute atomic E-state index is 13.0. The van der Waals surface area contributed by atoms with E-state index < -0.39 is 18.0 Å². The molecule has 0 fully saturated rings. The molecule has 3 heterocycles. The molecule has 3 aromatic heterocycles. The van der Waals surface area contributed by atoms with Gasteiger partial charge in [0.2, 0.25) is 5.88 Å². The Morgan fingerprint density at radius 1 is 1.23 bits per heavy atom. The molecule has 1 N–H and O–H groups in total. The predicted molar refractivity (Wildman–Crippen MR) is 89.7 cm³/mol. The summed E-state index contributed by atoms with van der Waals surface area (Å²) in [5.41, 5.74) is -0.334. The maximum atomic E-state index is 13.0. The molecular weight excluding hydrogens is 394 g/mol. The van der Waals surface area contributed by atoms with Gasteiger partial charge in [-0.05, 0) is 17.7 Å². The van der Waals surface area contributed by atoms with Crippen LogP contribution in [-0.4, -0.2) is 26.8 Å². The van der Waals surface area contributed by atoms with Crippen LogP contribution < -0.4 is 4.74 Å². The summed E-state index contributed by atoms with van der Waals surface area (Å²) in [6.07, 6.45) is -3.05. The summed E-state index contributed by atoms with van der Waals surface area (Å²) in [6.45, 7) is 0. The van der Waals surface area contributed by atoms with Gasteiger partial charge in [-0.25, -0.2) is 4.52 Å². The second-order valence-corrected chi connectivity index (χ2v) is 6.27. The van der Waals surface area contributed by atoms with E-state index in [4.69, 9.17) is 27.9 Å². The lowest BCUT2D eigenvalue weighted by Crippen LogP contribution is -2.07. The van der Waals surface area contributed by atoms with E-state index in [9.17, 15) is 18.3 Å². The molecule has 1 unspecified atom stereocenters. The molecule has 0 aliphatic carbocycles. The van der Waals surface area contributed by atoms with Gasteiger partial charge in [-0.2, -0.15) is 18.3 Å². The van der Waals surface area contributed by atoms with Gasteiger partial charge in [-0.1, -0.05) is 23.2 Å². The fourth-order valence-corrected chi connectivity index (χ4v) is 3.10. The monoisotopic (exact) mass is 405 g/mol. The van der Waals surface area contributed by atoms with Crippen LogP contribution in [-0.2, 0) is 12.6 Å². The lowest BCUT2D eigenvalue weighted by atomic mass is 10.0. The first-order valence-electron chi connectivity index (χ1n) is 7.32. The second kappa shape index (κ2) is 6.94. The highest BCUT2D eigenvalue weighted by Gasteiger charge is 2.35. The van der Waals surface area contributed by atoms with E-state index in [0.717, 1.165) is 10.6 Å². The summed E-state index contributed by atoms with van der Waals surface area (Å²) >= 11 is 12.1. The fraction of sp³-hybridized carbons (Fsp3) is 0.250. The van der Waals surface area contributed by atoms with Gasteiger partial charge in [0, 0.05) is 30.4 Å². The number of methoxy groups -OCH3 is 1. The first kappa shape index (κ1) is 18.8. The van der Waals surface area contributed by atoms with Crippen molar-refractivity contribution in [2.75, 3.05) is 7.11 Å². The van der Waals surface area contributed by atoms with Crippen LogP contribution in [0.3, 0.4) is 0 Å². The number of alkyl halides is 3. The first-order chi connectivity index (χ1) is 12.2. The van der Waals surface area contributed by atoms with E-state index in [0.29, 0.717) is 5.56 Å². The molecule has 0 aliphatic heterocycles. The summed E-state index contributed by atoms with van der Waals surface area (Å²) in [5, 5.41) is 14.6. The Balaban J connectivity index is 2.08. The fourth-order valence-electron chi connectivity index (χ4n) is 2.58. The molecule has 0 saturated heterocycles. The summed E-state index contributed by atoms with van der Waals surface area (Å²) in [5.74, 6) is 0.103. The Morgan fingerprint density at radius 2 is 1.88 bits per heavy atom. The molecule has 3 rings (SSSR count). The standard InChI is InChI=1S/C16H12Cl2F3N3O2/c1-26-15-3-2-8(12-5-14(16(19,20)21)23-24(12)15)13(25)4-9-10(17)6-22-7-11(9)18/h2-3,5-7,13,25H,4H2,1H3. The van der Waals surface area contributed by atoms with Crippen molar-refractivity contribution in [2.24, 2.45) is 0 Å². The van der Waals surface area contributed by atoms with Crippen LogP contribution in [0.2, 0.25) is 10.0 Å². The number of fused-ring (bicyclic) bond motifs is 1. The molecule has 3 aromatic rings. The number of nitrogens with zero attached hydrogens (tertiary/aromatic N) is 3. The van der Waals surface area contributed by atoms with Crippen molar-refractivity contribution in [2.45, 2.75) is 18.7 Å². The smallest absolute Gasteiger partial charge is 0.435 e. The number of halogens is 5. The molecule has 0 bridgehead atoms. The summed E-state index contributed by atoms with van der Waals surface area (Å²) in [7, 11) is 1.32. The van der Waals surface area contributed by atoms with Crippen LogP contribution in [0.4, 0.5) is 13.2 Å². The highest BCUT2D eigenvalue weighted by Crippen LogP contribution is 2.34. The molecule has 1 atom stereocenters. The molecule has 5 nitrogen and oxygen atoms in total. The molecule has 0 aromatic carbocycles. The van der Waals surface area contributed by atoms with Crippen molar-refractivity contribution in [1.29, 1.82) is 0 Å². The highest BCUT2D eigenvalue weighted by atomic mass is 35.5. The zero-order valence-corrected chi connectivity index (χ0v) is 14.8. The second-order valence-electron chi connectivity index (χ2n) is 5.46. The minimum atomic E-state index is -4.63. The minimum Gasteiger partial charge on any atom is -0.481 e. The van der Waals surface area contributed by atoms with E-state index >= 15 is 0 Å². The molecule has 10 heteroatoms. The molecular formula is C16H12Cl2F3N3O2. The number of aliphatic hydroxyl groups excluding tert-OH is 1. The van der Waals surface area contributed by atoms with Gasteiger partial charge in [0.05, 0.1) is 28.8 Å². The summed E-state index contributed by atoms with van der Waals surface area (Å²) in [6, 6.07) is 3.76. The van der Waals surface area contributed by atoms with Crippen LogP contribution in [0.5, 0.6) is 5.88 Å².